The first-order chi connectivity index (χ1) is 13.8. The Bertz CT molecular complexity index is 1130. The van der Waals surface area contributed by atoms with Crippen LogP contribution in [0, 0.1) is 30.9 Å². The van der Waals surface area contributed by atoms with Gasteiger partial charge in [-0.25, -0.2) is 5.43 Å². The van der Waals surface area contributed by atoms with Crippen molar-refractivity contribution in [3.8, 4) is 5.69 Å². The van der Waals surface area contributed by atoms with Gasteiger partial charge in [0.2, 0.25) is 0 Å². The molecule has 0 fully saturated rings. The molecule has 0 aliphatic heterocycles. The van der Waals surface area contributed by atoms with Gasteiger partial charge in [0, 0.05) is 34.8 Å². The number of nitrogens with zero attached hydrogens (tertiary/aromatic N) is 3. The van der Waals surface area contributed by atoms with E-state index < -0.39 is 10.8 Å². The molecule has 29 heavy (non-hydrogen) atoms. The predicted octanol–water partition coefficient (Wildman–Crippen LogP) is 3.66. The second-order valence-corrected chi connectivity index (χ2v) is 6.68. The number of hydrogen-bond acceptors (Lipinski definition) is 5. The lowest BCUT2D eigenvalue weighted by Crippen LogP contribution is -2.19. The molecule has 0 radical (unpaired) electrons. The van der Waals surface area contributed by atoms with Crippen LogP contribution in [0.2, 0.25) is 0 Å². The molecule has 3 aromatic rings. The topological polar surface area (TPSA) is 116 Å². The van der Waals surface area contributed by atoms with Crippen LogP contribution >= 0.6 is 0 Å². The summed E-state index contributed by atoms with van der Waals surface area (Å²) in [6.45, 7) is 5.70. The number of hydrazone groups is 1. The van der Waals surface area contributed by atoms with Crippen molar-refractivity contribution in [1.82, 2.24) is 9.99 Å². The molecular formula is C21H21N5O3. The summed E-state index contributed by atoms with van der Waals surface area (Å²) in [5.74, 6) is -0.400. The third-order valence-electron chi connectivity index (χ3n) is 4.69. The number of para-hydroxylation sites is 1. The van der Waals surface area contributed by atoms with E-state index in [1.807, 2.05) is 31.4 Å². The molecule has 0 aliphatic carbocycles. The highest BCUT2D eigenvalue weighted by atomic mass is 16.6. The molecule has 0 saturated carbocycles. The first kappa shape index (κ1) is 19.8. The van der Waals surface area contributed by atoms with Crippen LogP contribution < -0.4 is 11.2 Å². The van der Waals surface area contributed by atoms with Gasteiger partial charge in [0.05, 0.1) is 22.4 Å². The van der Waals surface area contributed by atoms with Gasteiger partial charge in [0.1, 0.15) is 0 Å². The molecule has 8 heteroatoms. The van der Waals surface area contributed by atoms with E-state index in [4.69, 9.17) is 5.73 Å². The Morgan fingerprint density at radius 2 is 1.90 bits per heavy atom. The number of hydrogen-bond donors (Lipinski definition) is 2. The van der Waals surface area contributed by atoms with Crippen LogP contribution in [-0.2, 0) is 0 Å². The monoisotopic (exact) mass is 391 g/mol. The minimum Gasteiger partial charge on any atom is -0.398 e. The van der Waals surface area contributed by atoms with E-state index in [1.54, 1.807) is 42.6 Å². The van der Waals surface area contributed by atoms with Gasteiger partial charge in [-0.1, -0.05) is 18.2 Å². The number of carbonyl (C=O) groups is 1. The van der Waals surface area contributed by atoms with Crippen LogP contribution in [0.5, 0.6) is 0 Å². The molecule has 0 saturated heterocycles. The summed E-state index contributed by atoms with van der Waals surface area (Å²) < 4.78 is 1.93. The van der Waals surface area contributed by atoms with E-state index in [-0.39, 0.29) is 5.69 Å². The number of aryl methyl sites for hydroxylation is 2. The molecule has 1 aromatic heterocycles. The lowest BCUT2D eigenvalue weighted by atomic mass is 10.1. The number of nitro benzene ring substituents is 1. The van der Waals surface area contributed by atoms with Crippen LogP contribution in [0.25, 0.3) is 5.69 Å². The summed E-state index contributed by atoms with van der Waals surface area (Å²) in [4.78, 5) is 22.9. The number of nitrogen functional groups attached to an aromatic ring is 1. The number of amides is 1. The third kappa shape index (κ3) is 4.01. The number of nitrogens with two attached hydrogens (primary N) is 1. The summed E-state index contributed by atoms with van der Waals surface area (Å²) in [6.07, 6.45) is 1.54. The molecule has 1 heterocycles. The van der Waals surface area contributed by atoms with E-state index in [0.717, 1.165) is 28.2 Å². The maximum absolute atomic E-state index is 12.2. The molecule has 3 N–H and O–H groups in total. The first-order valence-electron chi connectivity index (χ1n) is 8.92. The molecular weight excluding hydrogens is 370 g/mol. The first-order valence-corrected chi connectivity index (χ1v) is 8.92. The average molecular weight is 391 g/mol. The maximum atomic E-state index is 12.2. The molecule has 0 atom stereocenters. The van der Waals surface area contributed by atoms with Crippen molar-refractivity contribution in [3.05, 3.63) is 86.7 Å². The SMILES string of the molecule is Cc1ccc([N+](=O)[O-])cc1-n1c(C)cc(/C=N\NC(=O)c2ccccc2N)c1C. The molecule has 0 spiro atoms. The Labute approximate surface area is 167 Å². The highest BCUT2D eigenvalue weighted by Gasteiger charge is 2.15. The average Bonchev–Trinajstić information content (AvgIpc) is 2.96. The zero-order valence-electron chi connectivity index (χ0n) is 16.3. The minimum atomic E-state index is -0.412. The lowest BCUT2D eigenvalue weighted by Gasteiger charge is -2.12. The molecule has 2 aromatic carbocycles. The highest BCUT2D eigenvalue weighted by Crippen LogP contribution is 2.26. The van der Waals surface area contributed by atoms with Crippen LogP contribution in [0.1, 0.15) is 32.9 Å². The van der Waals surface area contributed by atoms with Crippen LogP contribution in [-0.4, -0.2) is 21.6 Å². The Hall–Kier alpha value is -3.94. The molecule has 0 aliphatic rings. The fourth-order valence-corrected chi connectivity index (χ4v) is 3.17. The van der Waals surface area contributed by atoms with Gasteiger partial charge in [-0.2, -0.15) is 5.10 Å². The van der Waals surface area contributed by atoms with Crippen molar-refractivity contribution in [1.29, 1.82) is 0 Å². The number of carbonyl (C=O) groups excluding carboxylic acids is 1. The van der Waals surface area contributed by atoms with E-state index >= 15 is 0 Å². The quantitative estimate of drug-likeness (QED) is 0.299. The number of nitro groups is 1. The summed E-state index contributed by atoms with van der Waals surface area (Å²) in [5.41, 5.74) is 13.2. The molecule has 1 amide bonds. The summed E-state index contributed by atoms with van der Waals surface area (Å²) in [5, 5.41) is 15.2. The Morgan fingerprint density at radius 3 is 2.59 bits per heavy atom. The van der Waals surface area contributed by atoms with Gasteiger partial charge in [-0.3, -0.25) is 14.9 Å². The zero-order valence-corrected chi connectivity index (χ0v) is 16.3. The van der Waals surface area contributed by atoms with E-state index in [1.165, 1.54) is 6.07 Å². The summed E-state index contributed by atoms with van der Waals surface area (Å²) in [6, 6.07) is 13.4. The van der Waals surface area contributed by atoms with Crippen LogP contribution in [0.15, 0.2) is 53.6 Å². The number of anilines is 1. The van der Waals surface area contributed by atoms with Crippen molar-refractivity contribution in [2.24, 2.45) is 5.10 Å². The van der Waals surface area contributed by atoms with E-state index in [0.29, 0.717) is 11.3 Å². The predicted molar refractivity (Wildman–Crippen MR) is 113 cm³/mol. The smallest absolute Gasteiger partial charge is 0.273 e. The fourth-order valence-electron chi connectivity index (χ4n) is 3.17. The van der Waals surface area contributed by atoms with Gasteiger partial charge < -0.3 is 10.3 Å². The fraction of sp³-hybridized carbons (Fsp3) is 0.143. The van der Waals surface area contributed by atoms with Crippen molar-refractivity contribution < 1.29 is 9.72 Å². The highest BCUT2D eigenvalue weighted by molar-refractivity contribution is 5.99. The Balaban J connectivity index is 1.88. The molecule has 3 rings (SSSR count). The Morgan fingerprint density at radius 1 is 1.17 bits per heavy atom. The van der Waals surface area contributed by atoms with E-state index in [2.05, 4.69) is 10.5 Å². The second-order valence-electron chi connectivity index (χ2n) is 6.68. The summed E-state index contributed by atoms with van der Waals surface area (Å²) >= 11 is 0. The number of benzene rings is 2. The molecule has 0 bridgehead atoms. The second kappa shape index (κ2) is 7.97. The summed E-state index contributed by atoms with van der Waals surface area (Å²) in [7, 11) is 0. The Kier molecular flexibility index (Phi) is 5.45. The zero-order chi connectivity index (χ0) is 21.1. The molecule has 148 valence electrons. The van der Waals surface area contributed by atoms with Gasteiger partial charge in [0.25, 0.3) is 11.6 Å². The van der Waals surface area contributed by atoms with Gasteiger partial charge in [-0.15, -0.1) is 0 Å². The molecule has 8 nitrogen and oxygen atoms in total. The normalized spacial score (nSPS) is 11.0. The number of nitrogens with one attached hydrogen (secondary N) is 1. The van der Waals surface area contributed by atoms with Crippen molar-refractivity contribution >= 4 is 23.5 Å². The van der Waals surface area contributed by atoms with Gasteiger partial charge >= 0.3 is 0 Å². The maximum Gasteiger partial charge on any atom is 0.273 e. The molecule has 0 unspecified atom stereocenters. The van der Waals surface area contributed by atoms with Crippen LogP contribution in [0.3, 0.4) is 0 Å². The van der Waals surface area contributed by atoms with Gasteiger partial charge in [-0.05, 0) is 44.5 Å². The number of non-ortho nitro benzene ring substituents is 1. The number of aromatic nitrogens is 1. The largest absolute Gasteiger partial charge is 0.398 e. The van der Waals surface area contributed by atoms with Gasteiger partial charge in [0.15, 0.2) is 0 Å². The van der Waals surface area contributed by atoms with E-state index in [9.17, 15) is 14.9 Å². The van der Waals surface area contributed by atoms with Crippen molar-refractivity contribution in [2.45, 2.75) is 20.8 Å². The standard InChI is InChI=1S/C21H21N5O3/c1-13-8-9-17(26(28)29)11-20(13)25-14(2)10-16(15(25)3)12-23-24-21(27)18-6-4-5-7-19(18)22/h4-12H,22H2,1-3H3,(H,24,27)/b23-12-. The minimum absolute atomic E-state index is 0.0287. The van der Waals surface area contributed by atoms with Crippen molar-refractivity contribution in [2.75, 3.05) is 5.73 Å². The number of rotatable bonds is 5. The van der Waals surface area contributed by atoms with Crippen LogP contribution in [0.4, 0.5) is 11.4 Å². The lowest BCUT2D eigenvalue weighted by molar-refractivity contribution is -0.384. The van der Waals surface area contributed by atoms with Crippen molar-refractivity contribution in [3.63, 3.8) is 0 Å². The third-order valence-corrected chi connectivity index (χ3v) is 4.69.